The van der Waals surface area contributed by atoms with E-state index in [-0.39, 0.29) is 66.7 Å². The molecule has 3 N–H and O–H groups in total. The van der Waals surface area contributed by atoms with Crippen molar-refractivity contribution in [2.75, 3.05) is 32.7 Å². The lowest BCUT2D eigenvalue weighted by molar-refractivity contribution is -0.133. The summed E-state index contributed by atoms with van der Waals surface area (Å²) in [6.07, 6.45) is 17.4. The van der Waals surface area contributed by atoms with Gasteiger partial charge in [-0.25, -0.2) is 4.79 Å². The number of carbonyl (C=O) groups excluding carboxylic acids is 4. The lowest BCUT2D eigenvalue weighted by Gasteiger charge is -2.26. The maximum Gasteiger partial charge on any atom is 0.407 e. The molecule has 7 atom stereocenters. The van der Waals surface area contributed by atoms with Crippen LogP contribution < -0.4 is 10.6 Å². The number of likely N-dealkylation sites (tertiary alicyclic amines) is 2. The van der Waals surface area contributed by atoms with Crippen LogP contribution in [0.25, 0.3) is 0 Å². The number of carboxylic acid groups (broad SMARTS) is 1. The van der Waals surface area contributed by atoms with Crippen LogP contribution in [0.5, 0.6) is 0 Å². The van der Waals surface area contributed by atoms with E-state index in [9.17, 15) is 29.1 Å². The summed E-state index contributed by atoms with van der Waals surface area (Å²) in [5.74, 6) is -1.83. The van der Waals surface area contributed by atoms with E-state index in [0.29, 0.717) is 37.2 Å². The molecule has 4 fully saturated rings. The van der Waals surface area contributed by atoms with E-state index in [1.54, 1.807) is 34.1 Å². The van der Waals surface area contributed by atoms with Crippen LogP contribution in [-0.4, -0.2) is 100 Å². The summed E-state index contributed by atoms with van der Waals surface area (Å²) in [5, 5.41) is 16.4. The van der Waals surface area contributed by atoms with E-state index in [2.05, 4.69) is 41.8 Å². The number of unbranched alkanes of at least 4 members (excludes halogenated alkanes) is 12. The molecule has 2 heterocycles. The van der Waals surface area contributed by atoms with Crippen LogP contribution in [0.15, 0.2) is 84.9 Å². The quantitative estimate of drug-likeness (QED) is 0.0814. The molecular weight excluding hydrogens is 791 g/mol. The summed E-state index contributed by atoms with van der Waals surface area (Å²) in [5.41, 5.74) is 3.15. The van der Waals surface area contributed by atoms with Gasteiger partial charge in [-0.2, -0.15) is 0 Å². The van der Waals surface area contributed by atoms with E-state index in [1.807, 2.05) is 36.4 Å². The Labute approximate surface area is 374 Å². The number of hydrogen-bond donors (Lipinski definition) is 3. The molecule has 338 valence electrons. The molecule has 5 amide bonds. The van der Waals surface area contributed by atoms with Crippen molar-refractivity contribution < 1.29 is 29.1 Å². The third kappa shape index (κ3) is 12.5. The third-order valence-electron chi connectivity index (χ3n) is 14.0. The Kier molecular flexibility index (Phi) is 16.3. The van der Waals surface area contributed by atoms with E-state index in [1.165, 1.54) is 80.2 Å². The van der Waals surface area contributed by atoms with Crippen molar-refractivity contribution in [2.45, 2.75) is 140 Å². The number of hydrogen-bond acceptors (Lipinski definition) is 5. The molecule has 11 heteroatoms. The zero-order valence-corrected chi connectivity index (χ0v) is 37.3. The van der Waals surface area contributed by atoms with E-state index < -0.39 is 17.9 Å². The maximum absolute atomic E-state index is 14.0. The maximum atomic E-state index is 14.0. The van der Waals surface area contributed by atoms with Gasteiger partial charge < -0.3 is 30.4 Å². The molecule has 11 nitrogen and oxygen atoms in total. The smallest absolute Gasteiger partial charge is 0.407 e. The third-order valence-corrected chi connectivity index (χ3v) is 14.0. The predicted octanol–water partition coefficient (Wildman–Crippen LogP) is 9.01. The van der Waals surface area contributed by atoms with E-state index in [0.717, 1.165) is 32.1 Å². The van der Waals surface area contributed by atoms with Crippen LogP contribution in [0.1, 0.15) is 153 Å². The Morgan fingerprint density at radius 1 is 0.571 bits per heavy atom. The first-order chi connectivity index (χ1) is 30.7. The molecule has 4 aliphatic rings. The van der Waals surface area contributed by atoms with Crippen molar-refractivity contribution in [1.29, 1.82) is 0 Å². The predicted molar refractivity (Wildman–Crippen MR) is 246 cm³/mol. The monoisotopic (exact) mass is 860 g/mol. The highest BCUT2D eigenvalue weighted by atomic mass is 16.4. The van der Waals surface area contributed by atoms with Crippen LogP contribution in [0, 0.1) is 11.8 Å². The zero-order chi connectivity index (χ0) is 44.1. The molecule has 3 aromatic rings. The van der Waals surface area contributed by atoms with Gasteiger partial charge in [0, 0.05) is 67.8 Å². The second kappa shape index (κ2) is 22.4. The molecule has 0 radical (unpaired) electrons. The van der Waals surface area contributed by atoms with Crippen molar-refractivity contribution in [1.82, 2.24) is 25.3 Å². The van der Waals surface area contributed by atoms with Gasteiger partial charge in [0.15, 0.2) is 0 Å². The number of carbonyl (C=O) groups is 5. The molecule has 0 aromatic heterocycles. The fraction of sp³-hybridized carbons (Fsp3) is 0.558. The van der Waals surface area contributed by atoms with Gasteiger partial charge in [0.1, 0.15) is 0 Å². The molecule has 2 aliphatic carbocycles. The van der Waals surface area contributed by atoms with E-state index in [4.69, 9.17) is 0 Å². The molecule has 2 saturated heterocycles. The molecule has 3 aromatic carbocycles. The number of rotatable bonds is 23. The summed E-state index contributed by atoms with van der Waals surface area (Å²) in [6.45, 7) is 3.76. The molecule has 2 aliphatic heterocycles. The van der Waals surface area contributed by atoms with E-state index >= 15 is 0 Å². The van der Waals surface area contributed by atoms with Crippen LogP contribution in [0.3, 0.4) is 0 Å². The van der Waals surface area contributed by atoms with Gasteiger partial charge in [-0.3, -0.25) is 19.2 Å². The Morgan fingerprint density at radius 3 is 1.44 bits per heavy atom. The highest BCUT2D eigenvalue weighted by molar-refractivity contribution is 5.99. The normalized spacial score (nSPS) is 23.6. The van der Waals surface area contributed by atoms with Gasteiger partial charge in [-0.1, -0.05) is 145 Å². The second-order valence-electron chi connectivity index (χ2n) is 18.6. The summed E-state index contributed by atoms with van der Waals surface area (Å²) < 4.78 is 0. The zero-order valence-electron chi connectivity index (χ0n) is 37.3. The average Bonchev–Trinajstić information content (AvgIpc) is 4.13. The largest absolute Gasteiger partial charge is 0.465 e. The summed E-state index contributed by atoms with van der Waals surface area (Å²) in [6, 6.07) is 26.5. The fourth-order valence-corrected chi connectivity index (χ4v) is 9.96. The van der Waals surface area contributed by atoms with Crippen LogP contribution in [0.4, 0.5) is 4.79 Å². The van der Waals surface area contributed by atoms with Crippen LogP contribution in [0.2, 0.25) is 0 Å². The summed E-state index contributed by atoms with van der Waals surface area (Å²) >= 11 is 0. The summed E-state index contributed by atoms with van der Waals surface area (Å²) in [7, 11) is 0. The van der Waals surface area contributed by atoms with Crippen LogP contribution in [-0.2, 0) is 9.59 Å². The molecule has 63 heavy (non-hydrogen) atoms. The molecule has 2 saturated carbocycles. The lowest BCUT2D eigenvalue weighted by Crippen LogP contribution is -2.43. The number of nitrogens with one attached hydrogen (secondary N) is 2. The SMILES string of the molecule is CCCCCCCCCCCCCCCN(C(=O)O)[C@@H]1CCN(C(=O)c2ccc(C(=O)N3C[C@@H](C(=O)N[C@H]4C[C@@H]4c4ccccc4)[C@H](C(=O)N[C@H]4C[C@@H]4c4ccccc4)C3)cc2)C1. The topological polar surface area (TPSA) is 139 Å². The number of amides is 5. The highest BCUT2D eigenvalue weighted by Crippen LogP contribution is 2.42. The van der Waals surface area contributed by atoms with Crippen molar-refractivity contribution in [3.8, 4) is 0 Å². The molecule has 0 bridgehead atoms. The standard InChI is InChI=1S/C52H69N5O6/c1-2-3-4-5-6-7-8-9-10-11-12-13-20-30-57(52(62)63)41-29-31-55(34-41)50(60)39-25-27-40(28-26-39)51(61)56-35-44(48(58)53-46-32-42(46)37-21-16-14-17-22-37)45(36-56)49(59)54-47-33-43(47)38-23-18-15-19-24-38/h14-19,21-28,41-47H,2-13,20,29-36H2,1H3,(H,53,58)(H,54,59)(H,62,63)/t41-,42-,43-,44-,45-,46+,47+/m1/s1. The van der Waals surface area contributed by atoms with Gasteiger partial charge in [0.2, 0.25) is 11.8 Å². The van der Waals surface area contributed by atoms with Crippen LogP contribution >= 0.6 is 0 Å². The first kappa shape index (κ1) is 45.8. The molecule has 0 spiro atoms. The number of nitrogens with zero attached hydrogens (tertiary/aromatic N) is 3. The van der Waals surface area contributed by atoms with Crippen molar-refractivity contribution in [3.05, 3.63) is 107 Å². The second-order valence-corrected chi connectivity index (χ2v) is 18.6. The van der Waals surface area contributed by atoms with Gasteiger partial charge in [0.05, 0.1) is 17.9 Å². The molecule has 0 unspecified atom stereocenters. The highest BCUT2D eigenvalue weighted by Gasteiger charge is 2.49. The van der Waals surface area contributed by atoms with Gasteiger partial charge in [0.25, 0.3) is 11.8 Å². The molecule has 7 rings (SSSR count). The minimum absolute atomic E-state index is 0.00788. The molecular formula is C52H69N5O6. The number of benzene rings is 3. The Balaban J connectivity index is 0.883. The average molecular weight is 860 g/mol. The first-order valence-electron chi connectivity index (χ1n) is 24.1. The fourth-order valence-electron chi connectivity index (χ4n) is 9.96. The first-order valence-corrected chi connectivity index (χ1v) is 24.1. The summed E-state index contributed by atoms with van der Waals surface area (Å²) in [4.78, 5) is 72.5. The van der Waals surface area contributed by atoms with Crippen molar-refractivity contribution in [2.24, 2.45) is 11.8 Å². The van der Waals surface area contributed by atoms with Gasteiger partial charge in [-0.15, -0.1) is 0 Å². The minimum Gasteiger partial charge on any atom is -0.465 e. The lowest BCUT2D eigenvalue weighted by atomic mass is 9.94. The van der Waals surface area contributed by atoms with Crippen molar-refractivity contribution >= 4 is 29.7 Å². The van der Waals surface area contributed by atoms with Crippen molar-refractivity contribution in [3.63, 3.8) is 0 Å². The Morgan fingerprint density at radius 2 is 1.00 bits per heavy atom. The Bertz CT molecular complexity index is 1900. The Hall–Kier alpha value is -5.19. The van der Waals surface area contributed by atoms with Gasteiger partial charge >= 0.3 is 6.09 Å². The minimum atomic E-state index is -0.940. The van der Waals surface area contributed by atoms with Gasteiger partial charge in [-0.05, 0) is 61.1 Å².